The Kier molecular flexibility index (Phi) is 4.16. The fourth-order valence-electron chi connectivity index (χ4n) is 1.64. The number of hydrogen-bond acceptors (Lipinski definition) is 5. The molecule has 6 nitrogen and oxygen atoms in total. The molecule has 2 aromatic rings. The number of anilines is 1. The Balaban J connectivity index is 2.03. The first-order valence-electron chi connectivity index (χ1n) is 5.63. The zero-order valence-electron chi connectivity index (χ0n) is 10.2. The molecule has 1 aromatic heterocycles. The van der Waals surface area contributed by atoms with E-state index in [0.29, 0.717) is 34.8 Å². The van der Waals surface area contributed by atoms with E-state index in [1.165, 1.54) is 0 Å². The molecule has 0 spiro atoms. The Morgan fingerprint density at radius 1 is 1.53 bits per heavy atom. The summed E-state index contributed by atoms with van der Waals surface area (Å²) in [6, 6.07) is 5.18. The number of nitrogens with one attached hydrogen (secondary N) is 1. The maximum Gasteiger partial charge on any atom is 0.338 e. The van der Waals surface area contributed by atoms with Gasteiger partial charge in [-0.15, -0.1) is 0 Å². The number of aromatic nitrogens is 2. The van der Waals surface area contributed by atoms with Crippen LogP contribution in [0.2, 0.25) is 0 Å². The van der Waals surface area contributed by atoms with Crippen molar-refractivity contribution in [1.29, 1.82) is 0 Å². The molecule has 0 aliphatic heterocycles. The highest BCUT2D eigenvalue weighted by molar-refractivity contribution is 9.10. The van der Waals surface area contributed by atoms with Crippen LogP contribution < -0.4 is 5.32 Å². The van der Waals surface area contributed by atoms with E-state index in [0.717, 1.165) is 0 Å². The number of hydrogen-bond donors (Lipinski definition) is 2. The number of carbonyl (C=O) groups is 1. The van der Waals surface area contributed by atoms with Gasteiger partial charge in [0.25, 0.3) is 0 Å². The second-order valence-electron chi connectivity index (χ2n) is 3.87. The molecule has 7 heteroatoms. The van der Waals surface area contributed by atoms with Crippen molar-refractivity contribution in [3.05, 3.63) is 40.0 Å². The first kappa shape index (κ1) is 13.5. The Hall–Kier alpha value is -1.89. The molecule has 0 saturated heterocycles. The monoisotopic (exact) mass is 325 g/mol. The maximum absolute atomic E-state index is 11.2. The normalized spacial score (nSPS) is 10.4. The van der Waals surface area contributed by atoms with E-state index in [9.17, 15) is 4.79 Å². The van der Waals surface area contributed by atoms with Crippen LogP contribution in [0.1, 0.15) is 22.1 Å². The molecule has 1 heterocycles. The van der Waals surface area contributed by atoms with Gasteiger partial charge in [0.1, 0.15) is 0 Å². The highest BCUT2D eigenvalue weighted by Gasteiger charge is 2.13. The Labute approximate surface area is 118 Å². The van der Waals surface area contributed by atoms with Crippen LogP contribution >= 0.6 is 15.9 Å². The topological polar surface area (TPSA) is 88.2 Å². The van der Waals surface area contributed by atoms with Crippen LogP contribution in [0, 0.1) is 6.92 Å². The van der Waals surface area contributed by atoms with Crippen LogP contribution in [0.4, 0.5) is 5.69 Å². The van der Waals surface area contributed by atoms with E-state index in [4.69, 9.17) is 9.63 Å². The zero-order valence-corrected chi connectivity index (χ0v) is 11.8. The van der Waals surface area contributed by atoms with Gasteiger partial charge in [0, 0.05) is 30.0 Å². The van der Waals surface area contributed by atoms with Crippen LogP contribution in [0.3, 0.4) is 0 Å². The summed E-state index contributed by atoms with van der Waals surface area (Å²) in [6.07, 6.45) is 0.558. The predicted molar refractivity (Wildman–Crippen MR) is 72.3 cm³/mol. The Bertz CT molecular complexity index is 598. The molecular weight excluding hydrogens is 314 g/mol. The quantitative estimate of drug-likeness (QED) is 0.878. The summed E-state index contributed by atoms with van der Waals surface area (Å²) < 4.78 is 5.40. The number of carboxylic acids is 1. The maximum atomic E-state index is 11.2. The summed E-state index contributed by atoms with van der Waals surface area (Å²) in [4.78, 5) is 15.2. The van der Waals surface area contributed by atoms with Crippen molar-refractivity contribution in [2.24, 2.45) is 0 Å². The van der Waals surface area contributed by atoms with Crippen LogP contribution in [-0.4, -0.2) is 27.8 Å². The van der Waals surface area contributed by atoms with Crippen LogP contribution in [0.15, 0.2) is 27.2 Å². The molecule has 0 aliphatic carbocycles. The van der Waals surface area contributed by atoms with E-state index in [1.807, 2.05) is 0 Å². The minimum absolute atomic E-state index is 0.215. The number of halogens is 1. The summed E-state index contributed by atoms with van der Waals surface area (Å²) in [5.74, 6) is 0.130. The lowest BCUT2D eigenvalue weighted by atomic mass is 10.2. The van der Waals surface area contributed by atoms with E-state index in [1.54, 1.807) is 25.1 Å². The van der Waals surface area contributed by atoms with Crippen molar-refractivity contribution in [1.82, 2.24) is 10.1 Å². The Morgan fingerprint density at radius 2 is 2.32 bits per heavy atom. The molecule has 0 atom stereocenters. The summed E-state index contributed by atoms with van der Waals surface area (Å²) >= 11 is 3.23. The second-order valence-corrected chi connectivity index (χ2v) is 4.73. The molecule has 0 saturated carbocycles. The van der Waals surface area contributed by atoms with Crippen molar-refractivity contribution < 1.29 is 14.4 Å². The molecule has 2 rings (SSSR count). The molecule has 0 amide bonds. The summed E-state index contributed by atoms with van der Waals surface area (Å²) in [5, 5.41) is 16.0. The molecule has 1 aromatic carbocycles. The average molecular weight is 326 g/mol. The van der Waals surface area contributed by atoms with Gasteiger partial charge in [0.2, 0.25) is 5.89 Å². The van der Waals surface area contributed by atoms with Crippen molar-refractivity contribution in [3.63, 3.8) is 0 Å². The van der Waals surface area contributed by atoms with Crippen LogP contribution in [0.5, 0.6) is 0 Å². The SMILES string of the molecule is Cc1nc(CCNc2cccc(Br)c2C(=O)O)no1. The molecule has 0 fully saturated rings. The van der Waals surface area contributed by atoms with Crippen LogP contribution in [0.25, 0.3) is 0 Å². The van der Waals surface area contributed by atoms with Gasteiger partial charge in [0.05, 0.1) is 5.56 Å². The lowest BCUT2D eigenvalue weighted by molar-refractivity contribution is 0.0697. The molecule has 0 bridgehead atoms. The van der Waals surface area contributed by atoms with Gasteiger partial charge in [-0.25, -0.2) is 4.79 Å². The summed E-state index contributed by atoms with van der Waals surface area (Å²) in [6.45, 7) is 2.25. The standard InChI is InChI=1S/C12H12BrN3O3/c1-7-15-10(16-19-7)5-6-14-9-4-2-3-8(13)11(9)12(17)18/h2-4,14H,5-6H2,1H3,(H,17,18). The molecular formula is C12H12BrN3O3. The third kappa shape index (κ3) is 3.31. The predicted octanol–water partition coefficient (Wildman–Crippen LogP) is 2.49. The van der Waals surface area contributed by atoms with Crippen molar-refractivity contribution in [2.75, 3.05) is 11.9 Å². The van der Waals surface area contributed by atoms with Gasteiger partial charge in [-0.3, -0.25) is 0 Å². The number of aromatic carboxylic acids is 1. The number of aryl methyl sites for hydroxylation is 1. The van der Waals surface area contributed by atoms with Crippen molar-refractivity contribution >= 4 is 27.6 Å². The van der Waals surface area contributed by atoms with E-state index >= 15 is 0 Å². The lowest BCUT2D eigenvalue weighted by Gasteiger charge is -2.09. The highest BCUT2D eigenvalue weighted by atomic mass is 79.9. The van der Waals surface area contributed by atoms with Gasteiger partial charge in [-0.05, 0) is 28.1 Å². The molecule has 2 N–H and O–H groups in total. The number of carboxylic acid groups (broad SMARTS) is 1. The van der Waals surface area contributed by atoms with E-state index in [-0.39, 0.29) is 5.56 Å². The summed E-state index contributed by atoms with van der Waals surface area (Å²) in [5.41, 5.74) is 0.772. The van der Waals surface area contributed by atoms with E-state index < -0.39 is 5.97 Å². The van der Waals surface area contributed by atoms with Gasteiger partial charge in [-0.2, -0.15) is 4.98 Å². The largest absolute Gasteiger partial charge is 0.478 e. The third-order valence-corrected chi connectivity index (χ3v) is 3.12. The highest BCUT2D eigenvalue weighted by Crippen LogP contribution is 2.24. The molecule has 0 aliphatic rings. The fraction of sp³-hybridized carbons (Fsp3) is 0.250. The molecule has 0 unspecified atom stereocenters. The van der Waals surface area contributed by atoms with Crippen molar-refractivity contribution in [2.45, 2.75) is 13.3 Å². The van der Waals surface area contributed by atoms with Gasteiger partial charge < -0.3 is 14.9 Å². The third-order valence-electron chi connectivity index (χ3n) is 2.46. The van der Waals surface area contributed by atoms with Gasteiger partial charge >= 0.3 is 5.97 Å². The zero-order chi connectivity index (χ0) is 13.8. The smallest absolute Gasteiger partial charge is 0.338 e. The number of benzene rings is 1. The lowest BCUT2D eigenvalue weighted by Crippen LogP contribution is -2.10. The first-order valence-corrected chi connectivity index (χ1v) is 6.42. The first-order chi connectivity index (χ1) is 9.08. The van der Waals surface area contributed by atoms with Gasteiger partial charge in [0.15, 0.2) is 5.82 Å². The minimum atomic E-state index is -0.981. The Morgan fingerprint density at radius 3 is 2.95 bits per heavy atom. The fourth-order valence-corrected chi connectivity index (χ4v) is 2.18. The molecule has 100 valence electrons. The van der Waals surface area contributed by atoms with Gasteiger partial charge in [-0.1, -0.05) is 11.2 Å². The number of rotatable bonds is 5. The minimum Gasteiger partial charge on any atom is -0.478 e. The average Bonchev–Trinajstić information content (AvgIpc) is 2.74. The summed E-state index contributed by atoms with van der Waals surface area (Å²) in [7, 11) is 0. The second kappa shape index (κ2) is 5.83. The number of nitrogens with zero attached hydrogens (tertiary/aromatic N) is 2. The van der Waals surface area contributed by atoms with E-state index in [2.05, 4.69) is 31.4 Å². The van der Waals surface area contributed by atoms with Crippen LogP contribution in [-0.2, 0) is 6.42 Å². The van der Waals surface area contributed by atoms with Crippen molar-refractivity contribution in [3.8, 4) is 0 Å². The molecule has 0 radical (unpaired) electrons. The molecule has 19 heavy (non-hydrogen) atoms.